The fourth-order valence-corrected chi connectivity index (χ4v) is 3.17. The maximum absolute atomic E-state index is 9.99. The summed E-state index contributed by atoms with van der Waals surface area (Å²) >= 11 is 1.60. The molecule has 2 nitrogen and oxygen atoms in total. The summed E-state index contributed by atoms with van der Waals surface area (Å²) in [5.74, 6) is 0. The molecule has 1 aromatic carbocycles. The summed E-state index contributed by atoms with van der Waals surface area (Å²) < 4.78 is 0. The van der Waals surface area contributed by atoms with Gasteiger partial charge in [-0.1, -0.05) is 30.3 Å². The van der Waals surface area contributed by atoms with Crippen LogP contribution in [0.25, 0.3) is 0 Å². The zero-order valence-corrected chi connectivity index (χ0v) is 11.5. The van der Waals surface area contributed by atoms with Gasteiger partial charge >= 0.3 is 0 Å². The molecular weight excluding hydrogens is 264 g/mol. The van der Waals surface area contributed by atoms with E-state index in [4.69, 9.17) is 0 Å². The number of hydrogen-bond donors (Lipinski definition) is 0. The summed E-state index contributed by atoms with van der Waals surface area (Å²) in [7, 11) is 0. The Morgan fingerprint density at radius 3 is 2.20 bits per heavy atom. The first-order valence-electron chi connectivity index (χ1n) is 6.28. The zero-order chi connectivity index (χ0) is 13.8. The highest BCUT2D eigenvalue weighted by Crippen LogP contribution is 2.39. The molecule has 1 unspecified atom stereocenters. The highest BCUT2D eigenvalue weighted by molar-refractivity contribution is 7.08. The van der Waals surface area contributed by atoms with Crippen molar-refractivity contribution in [2.24, 2.45) is 0 Å². The summed E-state index contributed by atoms with van der Waals surface area (Å²) in [6.45, 7) is 0. The van der Waals surface area contributed by atoms with Crippen LogP contribution >= 0.6 is 11.3 Å². The molecule has 3 aromatic rings. The van der Waals surface area contributed by atoms with Crippen molar-refractivity contribution in [1.82, 2.24) is 4.98 Å². The van der Waals surface area contributed by atoms with E-state index in [0.29, 0.717) is 0 Å². The van der Waals surface area contributed by atoms with Crippen LogP contribution < -0.4 is 0 Å². The number of thiophene rings is 1. The summed E-state index contributed by atoms with van der Waals surface area (Å²) in [6.07, 6.45) is 3.47. The van der Waals surface area contributed by atoms with E-state index in [9.17, 15) is 5.26 Å². The van der Waals surface area contributed by atoms with Crippen molar-refractivity contribution in [3.8, 4) is 6.07 Å². The molecule has 0 aliphatic heterocycles. The minimum atomic E-state index is -0.774. The predicted octanol–water partition coefficient (Wildman–Crippen LogP) is 4.00. The molecular formula is C17H12N2S. The minimum Gasteiger partial charge on any atom is -0.265 e. The van der Waals surface area contributed by atoms with E-state index in [1.807, 2.05) is 59.3 Å². The van der Waals surface area contributed by atoms with Gasteiger partial charge in [0.2, 0.25) is 0 Å². The Bertz CT molecular complexity index is 673. The lowest BCUT2D eigenvalue weighted by atomic mass is 9.72. The smallest absolute Gasteiger partial charge is 0.133 e. The maximum Gasteiger partial charge on any atom is 0.133 e. The van der Waals surface area contributed by atoms with Crippen molar-refractivity contribution in [3.05, 3.63) is 88.4 Å². The molecule has 1 atom stereocenters. The minimum absolute atomic E-state index is 0.774. The second-order valence-electron chi connectivity index (χ2n) is 4.48. The topological polar surface area (TPSA) is 36.7 Å². The molecule has 0 spiro atoms. The van der Waals surface area contributed by atoms with Gasteiger partial charge in [0, 0.05) is 12.4 Å². The van der Waals surface area contributed by atoms with Crippen molar-refractivity contribution in [2.75, 3.05) is 0 Å². The third kappa shape index (κ3) is 1.91. The molecule has 0 N–H and O–H groups in total. The Morgan fingerprint density at radius 1 is 0.900 bits per heavy atom. The monoisotopic (exact) mass is 276 g/mol. The maximum atomic E-state index is 9.99. The van der Waals surface area contributed by atoms with Gasteiger partial charge in [-0.2, -0.15) is 16.6 Å². The summed E-state index contributed by atoms with van der Waals surface area (Å²) in [5.41, 5.74) is 2.15. The van der Waals surface area contributed by atoms with Crippen LogP contribution in [0.5, 0.6) is 0 Å². The molecule has 0 bridgehead atoms. The quantitative estimate of drug-likeness (QED) is 0.725. The average molecular weight is 276 g/mol. The van der Waals surface area contributed by atoms with Crippen LogP contribution in [0.15, 0.2) is 71.7 Å². The second kappa shape index (κ2) is 5.28. The predicted molar refractivity (Wildman–Crippen MR) is 80.5 cm³/mol. The number of benzene rings is 1. The molecule has 0 saturated heterocycles. The van der Waals surface area contributed by atoms with Gasteiger partial charge in [-0.3, -0.25) is 4.98 Å². The Hall–Kier alpha value is -2.44. The molecule has 0 amide bonds. The molecule has 96 valence electrons. The molecule has 0 radical (unpaired) electrons. The van der Waals surface area contributed by atoms with Crippen molar-refractivity contribution in [1.29, 1.82) is 5.26 Å². The lowest BCUT2D eigenvalue weighted by Gasteiger charge is -2.27. The number of pyridine rings is 1. The largest absolute Gasteiger partial charge is 0.265 e. The number of aromatic nitrogens is 1. The van der Waals surface area contributed by atoms with Crippen molar-refractivity contribution in [2.45, 2.75) is 5.41 Å². The lowest BCUT2D eigenvalue weighted by molar-refractivity contribution is 0.797. The number of nitriles is 1. The van der Waals surface area contributed by atoms with Crippen LogP contribution in [0, 0.1) is 11.3 Å². The van der Waals surface area contributed by atoms with Crippen molar-refractivity contribution >= 4 is 11.3 Å². The van der Waals surface area contributed by atoms with Gasteiger partial charge in [-0.25, -0.2) is 0 Å². The molecule has 20 heavy (non-hydrogen) atoms. The van der Waals surface area contributed by atoms with Crippen molar-refractivity contribution in [3.63, 3.8) is 0 Å². The van der Waals surface area contributed by atoms with Gasteiger partial charge in [0.1, 0.15) is 5.41 Å². The molecule has 3 rings (SSSR count). The Labute approximate surface area is 122 Å². The lowest BCUT2D eigenvalue weighted by Crippen LogP contribution is -2.26. The van der Waals surface area contributed by atoms with Crippen LogP contribution in [-0.4, -0.2) is 4.98 Å². The molecule has 0 aliphatic rings. The first-order valence-corrected chi connectivity index (χ1v) is 7.22. The van der Waals surface area contributed by atoms with Crippen LogP contribution in [-0.2, 0) is 5.41 Å². The average Bonchev–Trinajstić information content (AvgIpc) is 3.06. The highest BCUT2D eigenvalue weighted by Gasteiger charge is 2.36. The van der Waals surface area contributed by atoms with E-state index in [1.165, 1.54) is 0 Å². The highest BCUT2D eigenvalue weighted by atomic mass is 32.1. The van der Waals surface area contributed by atoms with Crippen molar-refractivity contribution < 1.29 is 0 Å². The van der Waals surface area contributed by atoms with E-state index in [2.05, 4.69) is 11.1 Å². The molecule has 0 fully saturated rings. The summed E-state index contributed by atoms with van der Waals surface area (Å²) in [5, 5.41) is 14.0. The molecule has 2 heterocycles. The normalized spacial score (nSPS) is 13.3. The third-order valence-electron chi connectivity index (χ3n) is 3.44. The van der Waals surface area contributed by atoms with E-state index >= 15 is 0 Å². The number of hydrogen-bond acceptors (Lipinski definition) is 3. The Balaban J connectivity index is 2.31. The fraction of sp³-hybridized carbons (Fsp3) is 0.0588. The van der Waals surface area contributed by atoms with Gasteiger partial charge in [-0.15, -0.1) is 0 Å². The van der Waals surface area contributed by atoms with Crippen LogP contribution in [0.1, 0.15) is 16.7 Å². The standard InChI is InChI=1S/C17H12N2S/c18-13-17(16-8-11-20-12-16,14-4-2-1-3-5-14)15-6-9-19-10-7-15/h1-12H. The Morgan fingerprint density at radius 2 is 1.60 bits per heavy atom. The van der Waals surface area contributed by atoms with Crippen LogP contribution in [0.4, 0.5) is 0 Å². The Kier molecular flexibility index (Phi) is 3.32. The van der Waals surface area contributed by atoms with E-state index in [-0.39, 0.29) is 0 Å². The molecule has 0 saturated carbocycles. The van der Waals surface area contributed by atoms with E-state index < -0.39 is 5.41 Å². The van der Waals surface area contributed by atoms with E-state index in [1.54, 1.807) is 23.7 Å². The first kappa shape index (κ1) is 12.6. The number of nitrogens with zero attached hydrogens (tertiary/aromatic N) is 2. The van der Waals surface area contributed by atoms with Crippen LogP contribution in [0.3, 0.4) is 0 Å². The number of rotatable bonds is 3. The van der Waals surface area contributed by atoms with Gasteiger partial charge in [0.15, 0.2) is 0 Å². The SMILES string of the molecule is N#CC(c1ccccc1)(c1ccncc1)c1ccsc1. The van der Waals surface area contributed by atoms with E-state index in [0.717, 1.165) is 16.7 Å². The van der Waals surface area contributed by atoms with Gasteiger partial charge in [0.05, 0.1) is 6.07 Å². The zero-order valence-electron chi connectivity index (χ0n) is 10.7. The van der Waals surface area contributed by atoms with Gasteiger partial charge < -0.3 is 0 Å². The summed E-state index contributed by atoms with van der Waals surface area (Å²) in [4.78, 5) is 4.06. The van der Waals surface area contributed by atoms with Gasteiger partial charge in [0.25, 0.3) is 0 Å². The molecule has 2 aromatic heterocycles. The second-order valence-corrected chi connectivity index (χ2v) is 5.26. The fourth-order valence-electron chi connectivity index (χ4n) is 2.46. The third-order valence-corrected chi connectivity index (χ3v) is 4.13. The first-order chi connectivity index (χ1) is 9.88. The van der Waals surface area contributed by atoms with Gasteiger partial charge in [-0.05, 0) is 45.6 Å². The molecule has 3 heteroatoms. The molecule has 0 aliphatic carbocycles. The van der Waals surface area contributed by atoms with Crippen LogP contribution in [0.2, 0.25) is 0 Å². The summed E-state index contributed by atoms with van der Waals surface area (Å²) in [6, 6.07) is 18.3.